The van der Waals surface area contributed by atoms with Crippen LogP contribution in [0.2, 0.25) is 0 Å². The van der Waals surface area contributed by atoms with Gasteiger partial charge in [-0.25, -0.2) is 4.79 Å². The van der Waals surface area contributed by atoms with Crippen molar-refractivity contribution < 1.29 is 9.90 Å². The summed E-state index contributed by atoms with van der Waals surface area (Å²) in [5.74, 6) is 0. The lowest BCUT2D eigenvalue weighted by Crippen LogP contribution is -2.42. The quantitative estimate of drug-likeness (QED) is 0.506. The first-order valence-electron chi connectivity index (χ1n) is 3.43. The van der Waals surface area contributed by atoms with Crippen LogP contribution in [0.4, 0.5) is 4.79 Å². The third kappa shape index (κ3) is 1.60. The molecule has 0 saturated carbocycles. The van der Waals surface area contributed by atoms with E-state index in [-0.39, 0.29) is 6.04 Å². The molecule has 58 valence electrons. The molecule has 4 heteroatoms. The monoisotopic (exact) mass is 144 g/mol. The molecule has 1 saturated heterocycles. The maximum Gasteiger partial charge on any atom is 0.407 e. The van der Waals surface area contributed by atoms with Crippen molar-refractivity contribution in [2.45, 2.75) is 18.9 Å². The maximum absolute atomic E-state index is 10.3. The van der Waals surface area contributed by atoms with Gasteiger partial charge in [0.25, 0.3) is 0 Å². The van der Waals surface area contributed by atoms with Crippen LogP contribution in [0.15, 0.2) is 0 Å². The number of likely N-dealkylation sites (tertiary alicyclic amines) is 1. The number of hydrogen-bond donors (Lipinski definition) is 2. The van der Waals surface area contributed by atoms with Gasteiger partial charge in [-0.3, -0.25) is 0 Å². The molecule has 1 fully saturated rings. The highest BCUT2D eigenvalue weighted by atomic mass is 16.4. The van der Waals surface area contributed by atoms with E-state index in [0.29, 0.717) is 13.1 Å². The standard InChI is InChI=1S/C6H12N2O2/c7-5-1-3-8(4-2-5)6(9)10/h5H,1-4,7H2,(H,9,10). The van der Waals surface area contributed by atoms with Gasteiger partial charge in [0, 0.05) is 19.1 Å². The Balaban J connectivity index is 2.33. The molecule has 0 aromatic rings. The molecular formula is C6H12N2O2. The number of rotatable bonds is 0. The zero-order valence-corrected chi connectivity index (χ0v) is 5.79. The predicted molar refractivity (Wildman–Crippen MR) is 36.8 cm³/mol. The molecule has 0 radical (unpaired) electrons. The topological polar surface area (TPSA) is 66.6 Å². The minimum Gasteiger partial charge on any atom is -0.465 e. The SMILES string of the molecule is NC1CCN(C(=O)O)CC1. The van der Waals surface area contributed by atoms with E-state index >= 15 is 0 Å². The van der Waals surface area contributed by atoms with Gasteiger partial charge in [-0.1, -0.05) is 0 Å². The van der Waals surface area contributed by atoms with Crippen LogP contribution in [-0.4, -0.2) is 35.2 Å². The van der Waals surface area contributed by atoms with Gasteiger partial charge in [0.2, 0.25) is 0 Å². The molecule has 10 heavy (non-hydrogen) atoms. The first-order valence-corrected chi connectivity index (χ1v) is 3.43. The van der Waals surface area contributed by atoms with Crippen molar-refractivity contribution in [3.8, 4) is 0 Å². The minimum atomic E-state index is -0.827. The van der Waals surface area contributed by atoms with Gasteiger partial charge < -0.3 is 15.7 Å². The van der Waals surface area contributed by atoms with Crippen LogP contribution in [0.3, 0.4) is 0 Å². The highest BCUT2D eigenvalue weighted by Crippen LogP contribution is 2.07. The highest BCUT2D eigenvalue weighted by molar-refractivity contribution is 5.64. The summed E-state index contributed by atoms with van der Waals surface area (Å²) in [4.78, 5) is 11.8. The lowest BCUT2D eigenvalue weighted by atomic mass is 10.1. The second kappa shape index (κ2) is 2.88. The van der Waals surface area contributed by atoms with Crippen LogP contribution in [0, 0.1) is 0 Å². The van der Waals surface area contributed by atoms with Crippen LogP contribution in [-0.2, 0) is 0 Å². The van der Waals surface area contributed by atoms with Crippen LogP contribution >= 0.6 is 0 Å². The van der Waals surface area contributed by atoms with Gasteiger partial charge in [-0.15, -0.1) is 0 Å². The Kier molecular flexibility index (Phi) is 2.11. The van der Waals surface area contributed by atoms with E-state index in [2.05, 4.69) is 0 Å². The number of piperidine rings is 1. The van der Waals surface area contributed by atoms with E-state index in [1.807, 2.05) is 0 Å². The van der Waals surface area contributed by atoms with Crippen LogP contribution in [0.1, 0.15) is 12.8 Å². The van der Waals surface area contributed by atoms with Gasteiger partial charge in [0.05, 0.1) is 0 Å². The summed E-state index contributed by atoms with van der Waals surface area (Å²) >= 11 is 0. The molecular weight excluding hydrogens is 132 g/mol. The average molecular weight is 144 g/mol. The molecule has 0 bridgehead atoms. The first-order chi connectivity index (χ1) is 4.70. The van der Waals surface area contributed by atoms with Crippen molar-refractivity contribution in [3.05, 3.63) is 0 Å². The summed E-state index contributed by atoms with van der Waals surface area (Å²) in [5.41, 5.74) is 5.58. The van der Waals surface area contributed by atoms with Gasteiger partial charge in [-0.05, 0) is 12.8 Å². The van der Waals surface area contributed by atoms with Crippen molar-refractivity contribution in [2.75, 3.05) is 13.1 Å². The molecule has 0 spiro atoms. The largest absolute Gasteiger partial charge is 0.465 e. The van der Waals surface area contributed by atoms with E-state index in [1.165, 1.54) is 4.90 Å². The van der Waals surface area contributed by atoms with Crippen LogP contribution in [0.5, 0.6) is 0 Å². The average Bonchev–Trinajstić information content (AvgIpc) is 1.88. The number of hydrogen-bond acceptors (Lipinski definition) is 2. The van der Waals surface area contributed by atoms with Crippen LogP contribution < -0.4 is 5.73 Å². The second-order valence-corrected chi connectivity index (χ2v) is 2.61. The summed E-state index contributed by atoms with van der Waals surface area (Å²) in [6.45, 7) is 1.19. The molecule has 1 aliphatic rings. The van der Waals surface area contributed by atoms with E-state index in [1.54, 1.807) is 0 Å². The molecule has 4 nitrogen and oxygen atoms in total. The molecule has 1 amide bonds. The maximum atomic E-state index is 10.3. The molecule has 0 aliphatic carbocycles. The van der Waals surface area contributed by atoms with E-state index < -0.39 is 6.09 Å². The summed E-state index contributed by atoms with van der Waals surface area (Å²) in [5, 5.41) is 8.51. The molecule has 1 heterocycles. The fourth-order valence-corrected chi connectivity index (χ4v) is 1.09. The van der Waals surface area contributed by atoms with Gasteiger partial charge in [0.1, 0.15) is 0 Å². The molecule has 1 aliphatic heterocycles. The van der Waals surface area contributed by atoms with Crippen molar-refractivity contribution in [3.63, 3.8) is 0 Å². The second-order valence-electron chi connectivity index (χ2n) is 2.61. The van der Waals surface area contributed by atoms with Crippen LogP contribution in [0.25, 0.3) is 0 Å². The molecule has 1 rings (SSSR count). The molecule has 0 aromatic carbocycles. The fraction of sp³-hybridized carbons (Fsp3) is 0.833. The van der Waals surface area contributed by atoms with Gasteiger partial charge in [-0.2, -0.15) is 0 Å². The Morgan fingerprint density at radius 1 is 1.50 bits per heavy atom. The van der Waals surface area contributed by atoms with Gasteiger partial charge in [0.15, 0.2) is 0 Å². The van der Waals surface area contributed by atoms with Crippen molar-refractivity contribution in [1.29, 1.82) is 0 Å². The normalized spacial score (nSPS) is 21.1. The smallest absolute Gasteiger partial charge is 0.407 e. The molecule has 0 atom stereocenters. The highest BCUT2D eigenvalue weighted by Gasteiger charge is 2.18. The molecule has 0 unspecified atom stereocenters. The Hall–Kier alpha value is -0.770. The fourth-order valence-electron chi connectivity index (χ4n) is 1.09. The zero-order chi connectivity index (χ0) is 7.56. The van der Waals surface area contributed by atoms with Gasteiger partial charge >= 0.3 is 6.09 Å². The predicted octanol–water partition coefficient (Wildman–Crippen LogP) is 0.0875. The summed E-state index contributed by atoms with van der Waals surface area (Å²) in [7, 11) is 0. The number of carbonyl (C=O) groups is 1. The Labute approximate surface area is 59.6 Å². The van der Waals surface area contributed by atoms with E-state index in [0.717, 1.165) is 12.8 Å². The molecule has 3 N–H and O–H groups in total. The lowest BCUT2D eigenvalue weighted by molar-refractivity contribution is 0.132. The van der Waals surface area contributed by atoms with E-state index in [9.17, 15) is 4.79 Å². The van der Waals surface area contributed by atoms with Crippen molar-refractivity contribution in [1.82, 2.24) is 4.90 Å². The number of nitrogens with two attached hydrogens (primary N) is 1. The Morgan fingerprint density at radius 2 is 2.00 bits per heavy atom. The minimum absolute atomic E-state index is 0.204. The first kappa shape index (κ1) is 7.34. The lowest BCUT2D eigenvalue weighted by Gasteiger charge is -2.27. The third-order valence-corrected chi connectivity index (χ3v) is 1.81. The summed E-state index contributed by atoms with van der Waals surface area (Å²) in [6.07, 6.45) is 0.769. The summed E-state index contributed by atoms with van der Waals surface area (Å²) < 4.78 is 0. The Bertz CT molecular complexity index is 130. The van der Waals surface area contributed by atoms with E-state index in [4.69, 9.17) is 10.8 Å². The number of carboxylic acid groups (broad SMARTS) is 1. The van der Waals surface area contributed by atoms with Crippen molar-refractivity contribution in [2.24, 2.45) is 5.73 Å². The summed E-state index contributed by atoms with van der Waals surface area (Å²) in [6, 6.07) is 0.204. The number of amides is 1. The number of nitrogens with zero attached hydrogens (tertiary/aromatic N) is 1. The third-order valence-electron chi connectivity index (χ3n) is 1.81. The Morgan fingerprint density at radius 3 is 2.40 bits per heavy atom. The zero-order valence-electron chi connectivity index (χ0n) is 5.79. The van der Waals surface area contributed by atoms with Crippen molar-refractivity contribution >= 4 is 6.09 Å². The molecule has 0 aromatic heterocycles.